The van der Waals surface area contributed by atoms with Gasteiger partial charge in [0.05, 0.1) is 0 Å². The van der Waals surface area contributed by atoms with E-state index < -0.39 is 0 Å². The Bertz CT molecular complexity index is 295. The molecule has 0 spiro atoms. The van der Waals surface area contributed by atoms with Crippen LogP contribution < -0.4 is 0 Å². The van der Waals surface area contributed by atoms with Crippen molar-refractivity contribution in [1.82, 2.24) is 0 Å². The Morgan fingerprint density at radius 3 is 3.14 bits per heavy atom. The van der Waals surface area contributed by atoms with Crippen molar-refractivity contribution in [1.29, 1.82) is 0 Å². The topological polar surface area (TPSA) is 9.23 Å². The van der Waals surface area contributed by atoms with Gasteiger partial charge in [0.1, 0.15) is 5.44 Å². The van der Waals surface area contributed by atoms with Crippen LogP contribution in [-0.2, 0) is 4.74 Å². The molecular weight excluding hydrogens is 260 g/mol. The Hall–Kier alpha value is 0.01000. The zero-order valence-electron chi connectivity index (χ0n) is 7.91. The normalized spacial score (nSPS) is 23.1. The van der Waals surface area contributed by atoms with Crippen LogP contribution in [0.15, 0.2) is 28.7 Å². The van der Waals surface area contributed by atoms with Crippen LogP contribution in [0.2, 0.25) is 0 Å². The summed E-state index contributed by atoms with van der Waals surface area (Å²) in [4.78, 5) is 0. The van der Waals surface area contributed by atoms with Crippen LogP contribution >= 0.6 is 27.7 Å². The van der Waals surface area contributed by atoms with Crippen molar-refractivity contribution in [3.05, 3.63) is 34.3 Å². The molecule has 0 amide bonds. The summed E-state index contributed by atoms with van der Waals surface area (Å²) < 4.78 is 6.91. The minimum Gasteiger partial charge on any atom is -0.363 e. The fourth-order valence-corrected chi connectivity index (χ4v) is 3.01. The van der Waals surface area contributed by atoms with E-state index in [1.54, 1.807) is 0 Å². The largest absolute Gasteiger partial charge is 0.363 e. The molecule has 1 atom stereocenters. The third kappa shape index (κ3) is 2.75. The van der Waals surface area contributed by atoms with Crippen LogP contribution in [0.5, 0.6) is 0 Å². The molecule has 2 rings (SSSR count). The highest BCUT2D eigenvalue weighted by Crippen LogP contribution is 2.34. The van der Waals surface area contributed by atoms with Crippen LogP contribution in [-0.4, -0.2) is 12.4 Å². The number of halogens is 1. The fourth-order valence-electron chi connectivity index (χ4n) is 1.48. The molecule has 1 aliphatic heterocycles. The molecule has 1 heterocycles. The van der Waals surface area contributed by atoms with E-state index >= 15 is 0 Å². The summed E-state index contributed by atoms with van der Waals surface area (Å²) in [7, 11) is 0. The summed E-state index contributed by atoms with van der Waals surface area (Å²) in [6.07, 6.45) is 2.46. The summed E-state index contributed by atoms with van der Waals surface area (Å²) in [5, 5.41) is 0. The van der Waals surface area contributed by atoms with E-state index in [1.165, 1.54) is 24.2 Å². The van der Waals surface area contributed by atoms with Crippen molar-refractivity contribution in [3.63, 3.8) is 0 Å². The fraction of sp³-hybridized carbons (Fsp3) is 0.455. The Kier molecular flexibility index (Phi) is 3.90. The molecule has 0 bridgehead atoms. The van der Waals surface area contributed by atoms with E-state index in [4.69, 9.17) is 4.74 Å². The van der Waals surface area contributed by atoms with Gasteiger partial charge < -0.3 is 4.74 Å². The van der Waals surface area contributed by atoms with Crippen molar-refractivity contribution in [2.45, 2.75) is 18.3 Å². The molecule has 1 aromatic carbocycles. The third-order valence-electron chi connectivity index (χ3n) is 2.20. The highest BCUT2D eigenvalue weighted by Gasteiger charge is 2.14. The van der Waals surface area contributed by atoms with Crippen molar-refractivity contribution in [2.75, 3.05) is 12.4 Å². The lowest BCUT2D eigenvalue weighted by atomic mass is 10.2. The second-order valence-electron chi connectivity index (χ2n) is 3.34. The minimum absolute atomic E-state index is 0.231. The molecule has 0 aromatic heterocycles. The van der Waals surface area contributed by atoms with E-state index in [-0.39, 0.29) is 5.44 Å². The standard InChI is InChI=1S/C11H13BrOS/c12-10-5-3-4-9(8-10)11-13-6-1-2-7-14-11/h3-5,8,11H,1-2,6-7H2/t11-/m1/s1. The average molecular weight is 273 g/mol. The number of rotatable bonds is 1. The van der Waals surface area contributed by atoms with Crippen LogP contribution in [0, 0.1) is 0 Å². The maximum absolute atomic E-state index is 5.79. The molecule has 0 N–H and O–H groups in total. The predicted octanol–water partition coefficient (Wildman–Crippen LogP) is 3.99. The van der Waals surface area contributed by atoms with Crippen LogP contribution in [0.1, 0.15) is 23.8 Å². The number of hydrogen-bond donors (Lipinski definition) is 0. The molecule has 1 aromatic rings. The molecule has 0 radical (unpaired) electrons. The molecule has 1 saturated heterocycles. The van der Waals surface area contributed by atoms with Gasteiger partial charge >= 0.3 is 0 Å². The first-order valence-corrected chi connectivity index (χ1v) is 6.69. The molecule has 1 fully saturated rings. The summed E-state index contributed by atoms with van der Waals surface area (Å²) >= 11 is 5.39. The van der Waals surface area contributed by atoms with Crippen molar-refractivity contribution in [3.8, 4) is 0 Å². The molecule has 14 heavy (non-hydrogen) atoms. The summed E-state index contributed by atoms with van der Waals surface area (Å²) in [6, 6.07) is 8.38. The van der Waals surface area contributed by atoms with Gasteiger partial charge in [0.2, 0.25) is 0 Å². The van der Waals surface area contributed by atoms with Gasteiger partial charge in [-0.3, -0.25) is 0 Å². The van der Waals surface area contributed by atoms with E-state index in [2.05, 4.69) is 34.1 Å². The molecular formula is C11H13BrOS. The minimum atomic E-state index is 0.231. The highest BCUT2D eigenvalue weighted by molar-refractivity contribution is 9.10. The zero-order chi connectivity index (χ0) is 9.80. The second kappa shape index (κ2) is 5.19. The van der Waals surface area contributed by atoms with Gasteiger partial charge in [-0.05, 0) is 36.3 Å². The lowest BCUT2D eigenvalue weighted by Gasteiger charge is -2.14. The maximum Gasteiger partial charge on any atom is 0.128 e. The van der Waals surface area contributed by atoms with Crippen molar-refractivity contribution in [2.24, 2.45) is 0 Å². The number of benzene rings is 1. The molecule has 0 aliphatic carbocycles. The number of thioether (sulfide) groups is 1. The van der Waals surface area contributed by atoms with Crippen LogP contribution in [0.4, 0.5) is 0 Å². The van der Waals surface area contributed by atoms with Crippen molar-refractivity contribution >= 4 is 27.7 Å². The van der Waals surface area contributed by atoms with Gasteiger partial charge in [0.15, 0.2) is 0 Å². The molecule has 76 valence electrons. The Labute approximate surface area is 97.4 Å². The number of ether oxygens (including phenoxy) is 1. The van der Waals surface area contributed by atoms with E-state index in [0.29, 0.717) is 0 Å². The molecule has 1 nitrogen and oxygen atoms in total. The zero-order valence-corrected chi connectivity index (χ0v) is 10.3. The van der Waals surface area contributed by atoms with Crippen LogP contribution in [0.3, 0.4) is 0 Å². The Morgan fingerprint density at radius 2 is 2.29 bits per heavy atom. The first kappa shape index (κ1) is 10.5. The van der Waals surface area contributed by atoms with Gasteiger partial charge in [-0.2, -0.15) is 0 Å². The lowest BCUT2D eigenvalue weighted by molar-refractivity contribution is 0.115. The summed E-state index contributed by atoms with van der Waals surface area (Å²) in [5.41, 5.74) is 1.50. The smallest absolute Gasteiger partial charge is 0.128 e. The van der Waals surface area contributed by atoms with Gasteiger partial charge in [0.25, 0.3) is 0 Å². The number of hydrogen-bond acceptors (Lipinski definition) is 2. The van der Waals surface area contributed by atoms with E-state index in [1.807, 2.05) is 17.8 Å². The third-order valence-corrected chi connectivity index (χ3v) is 3.93. The first-order chi connectivity index (χ1) is 6.86. The van der Waals surface area contributed by atoms with Gasteiger partial charge in [-0.15, -0.1) is 11.8 Å². The van der Waals surface area contributed by atoms with E-state index in [9.17, 15) is 0 Å². The van der Waals surface area contributed by atoms with Gasteiger partial charge in [-0.25, -0.2) is 0 Å². The quantitative estimate of drug-likeness (QED) is 0.765. The molecule has 1 aliphatic rings. The predicted molar refractivity (Wildman–Crippen MR) is 64.5 cm³/mol. The second-order valence-corrected chi connectivity index (χ2v) is 5.42. The van der Waals surface area contributed by atoms with Crippen LogP contribution in [0.25, 0.3) is 0 Å². The average Bonchev–Trinajstić information content (AvgIpc) is 2.45. The Morgan fingerprint density at radius 1 is 1.36 bits per heavy atom. The first-order valence-electron chi connectivity index (χ1n) is 4.85. The SMILES string of the molecule is Brc1cccc([C@@H]2OCCCCS2)c1. The lowest BCUT2D eigenvalue weighted by Crippen LogP contribution is -1.99. The summed E-state index contributed by atoms with van der Waals surface area (Å²) in [6.45, 7) is 0.893. The maximum atomic E-state index is 5.79. The van der Waals surface area contributed by atoms with Crippen molar-refractivity contribution < 1.29 is 4.74 Å². The summed E-state index contributed by atoms with van der Waals surface area (Å²) in [5.74, 6) is 1.21. The van der Waals surface area contributed by atoms with Gasteiger partial charge in [-0.1, -0.05) is 28.1 Å². The monoisotopic (exact) mass is 272 g/mol. The van der Waals surface area contributed by atoms with E-state index in [0.717, 1.165) is 11.1 Å². The molecule has 3 heteroatoms. The Balaban J connectivity index is 2.12. The highest BCUT2D eigenvalue weighted by atomic mass is 79.9. The van der Waals surface area contributed by atoms with Gasteiger partial charge in [0, 0.05) is 11.1 Å². The molecule has 0 saturated carbocycles. The molecule has 0 unspecified atom stereocenters.